The lowest BCUT2D eigenvalue weighted by Gasteiger charge is -2.07. The summed E-state index contributed by atoms with van der Waals surface area (Å²) in [7, 11) is 0. The quantitative estimate of drug-likeness (QED) is 0.778. The van der Waals surface area contributed by atoms with Gasteiger partial charge in [-0.05, 0) is 24.6 Å². The molecular formula is C19H17N3O2. The van der Waals surface area contributed by atoms with Crippen LogP contribution in [0.4, 0.5) is 5.69 Å². The van der Waals surface area contributed by atoms with Crippen molar-refractivity contribution in [2.75, 3.05) is 5.32 Å². The van der Waals surface area contributed by atoms with Gasteiger partial charge >= 0.3 is 6.01 Å². The number of rotatable bonds is 5. The van der Waals surface area contributed by atoms with Crippen LogP contribution in [0.5, 0.6) is 11.8 Å². The van der Waals surface area contributed by atoms with Crippen molar-refractivity contribution in [3.63, 3.8) is 0 Å². The lowest BCUT2D eigenvalue weighted by Crippen LogP contribution is -2.14. The highest BCUT2D eigenvalue weighted by Gasteiger charge is 2.06. The van der Waals surface area contributed by atoms with Crippen molar-refractivity contribution in [3.8, 4) is 11.8 Å². The molecule has 0 spiro atoms. The molecule has 0 aliphatic heterocycles. The summed E-state index contributed by atoms with van der Waals surface area (Å²) in [6.45, 7) is 2.00. The van der Waals surface area contributed by atoms with Gasteiger partial charge in [0.2, 0.25) is 5.91 Å². The van der Waals surface area contributed by atoms with E-state index in [-0.39, 0.29) is 11.9 Å². The summed E-state index contributed by atoms with van der Waals surface area (Å²) in [6, 6.07) is 17.4. The molecule has 0 aliphatic carbocycles. The summed E-state index contributed by atoms with van der Waals surface area (Å²) < 4.78 is 5.51. The lowest BCUT2D eigenvalue weighted by molar-refractivity contribution is -0.115. The van der Waals surface area contributed by atoms with Crippen LogP contribution >= 0.6 is 0 Å². The average Bonchev–Trinajstić information content (AvgIpc) is 2.57. The number of hydrogen-bond acceptors (Lipinski definition) is 4. The molecule has 0 saturated heterocycles. The molecule has 2 aromatic carbocycles. The van der Waals surface area contributed by atoms with Crippen LogP contribution in [0.2, 0.25) is 0 Å². The van der Waals surface area contributed by atoms with E-state index in [0.717, 1.165) is 11.1 Å². The molecule has 24 heavy (non-hydrogen) atoms. The minimum absolute atomic E-state index is 0.110. The average molecular weight is 319 g/mol. The number of aryl methyl sites for hydroxylation is 1. The van der Waals surface area contributed by atoms with Crippen molar-refractivity contribution in [2.45, 2.75) is 13.3 Å². The minimum Gasteiger partial charge on any atom is -0.424 e. The number of carbonyl (C=O) groups is 1. The van der Waals surface area contributed by atoms with E-state index < -0.39 is 0 Å². The van der Waals surface area contributed by atoms with Crippen molar-refractivity contribution in [3.05, 3.63) is 78.1 Å². The molecule has 0 atom stereocenters. The third-order valence-electron chi connectivity index (χ3n) is 3.31. The first-order valence-corrected chi connectivity index (χ1v) is 7.59. The summed E-state index contributed by atoms with van der Waals surface area (Å²) in [5.41, 5.74) is 2.64. The predicted molar refractivity (Wildman–Crippen MR) is 92.1 cm³/mol. The summed E-state index contributed by atoms with van der Waals surface area (Å²) >= 11 is 0. The Morgan fingerprint density at radius 1 is 1.04 bits per heavy atom. The fourth-order valence-electron chi connectivity index (χ4n) is 2.24. The van der Waals surface area contributed by atoms with Crippen LogP contribution in [-0.2, 0) is 11.2 Å². The van der Waals surface area contributed by atoms with Crippen LogP contribution in [0, 0.1) is 6.92 Å². The van der Waals surface area contributed by atoms with E-state index in [1.807, 2.05) is 61.5 Å². The number of hydrogen-bond donors (Lipinski definition) is 1. The highest BCUT2D eigenvalue weighted by atomic mass is 16.5. The summed E-state index contributed by atoms with van der Waals surface area (Å²) in [5, 5.41) is 2.78. The molecule has 5 heteroatoms. The minimum atomic E-state index is -0.110. The lowest BCUT2D eigenvalue weighted by atomic mass is 10.1. The molecule has 1 amide bonds. The Hall–Kier alpha value is -3.21. The van der Waals surface area contributed by atoms with Crippen molar-refractivity contribution >= 4 is 11.6 Å². The number of nitrogens with one attached hydrogen (secondary N) is 1. The van der Waals surface area contributed by atoms with Gasteiger partial charge in [0.1, 0.15) is 5.75 Å². The van der Waals surface area contributed by atoms with Crippen molar-refractivity contribution in [1.82, 2.24) is 9.97 Å². The maximum atomic E-state index is 12.1. The zero-order valence-corrected chi connectivity index (χ0v) is 13.3. The van der Waals surface area contributed by atoms with E-state index in [4.69, 9.17) is 4.74 Å². The third kappa shape index (κ3) is 4.39. The Bertz CT molecular complexity index is 818. The fourth-order valence-corrected chi connectivity index (χ4v) is 2.24. The van der Waals surface area contributed by atoms with Gasteiger partial charge in [-0.3, -0.25) is 4.79 Å². The maximum absolute atomic E-state index is 12.1. The zero-order valence-electron chi connectivity index (χ0n) is 13.3. The SMILES string of the molecule is Cc1cccc(CC(=O)Nc2cnc(Oc3ccccc3)nc2)c1. The van der Waals surface area contributed by atoms with E-state index in [1.165, 1.54) is 12.4 Å². The van der Waals surface area contributed by atoms with Crippen LogP contribution in [0.15, 0.2) is 67.0 Å². The normalized spacial score (nSPS) is 10.2. The topological polar surface area (TPSA) is 64.1 Å². The highest BCUT2D eigenvalue weighted by Crippen LogP contribution is 2.17. The molecule has 0 radical (unpaired) electrons. The van der Waals surface area contributed by atoms with Crippen molar-refractivity contribution in [2.24, 2.45) is 0 Å². The van der Waals surface area contributed by atoms with Crippen LogP contribution in [0.25, 0.3) is 0 Å². The molecule has 0 saturated carbocycles. The third-order valence-corrected chi connectivity index (χ3v) is 3.31. The molecule has 3 aromatic rings. The van der Waals surface area contributed by atoms with Gasteiger partial charge in [0.25, 0.3) is 0 Å². The Kier molecular flexibility index (Phi) is 4.81. The van der Waals surface area contributed by atoms with E-state index in [0.29, 0.717) is 17.9 Å². The van der Waals surface area contributed by atoms with E-state index in [9.17, 15) is 4.79 Å². The van der Waals surface area contributed by atoms with E-state index in [1.54, 1.807) is 0 Å². The summed E-state index contributed by atoms with van der Waals surface area (Å²) in [6.07, 6.45) is 3.36. The fraction of sp³-hybridized carbons (Fsp3) is 0.105. The number of aromatic nitrogens is 2. The van der Waals surface area contributed by atoms with Crippen molar-refractivity contribution < 1.29 is 9.53 Å². The monoisotopic (exact) mass is 319 g/mol. The van der Waals surface area contributed by atoms with Gasteiger partial charge in [0, 0.05) is 0 Å². The molecule has 0 aliphatic rings. The first-order valence-electron chi connectivity index (χ1n) is 7.59. The molecular weight excluding hydrogens is 302 g/mol. The van der Waals surface area contributed by atoms with Crippen LogP contribution < -0.4 is 10.1 Å². The Balaban J connectivity index is 1.58. The first-order chi connectivity index (χ1) is 11.7. The van der Waals surface area contributed by atoms with Gasteiger partial charge in [-0.2, -0.15) is 0 Å². The summed E-state index contributed by atoms with van der Waals surface area (Å²) in [4.78, 5) is 20.3. The second-order valence-electron chi connectivity index (χ2n) is 5.38. The number of benzene rings is 2. The van der Waals surface area contributed by atoms with Crippen LogP contribution in [-0.4, -0.2) is 15.9 Å². The van der Waals surface area contributed by atoms with E-state index >= 15 is 0 Å². The largest absolute Gasteiger partial charge is 0.424 e. The standard InChI is InChI=1S/C19H17N3O2/c1-14-6-5-7-15(10-14)11-18(23)22-16-12-20-19(21-13-16)24-17-8-3-2-4-9-17/h2-10,12-13H,11H2,1H3,(H,22,23). The highest BCUT2D eigenvalue weighted by molar-refractivity contribution is 5.91. The molecule has 5 nitrogen and oxygen atoms in total. The van der Waals surface area contributed by atoms with Crippen molar-refractivity contribution in [1.29, 1.82) is 0 Å². The zero-order chi connectivity index (χ0) is 16.8. The second-order valence-corrected chi connectivity index (χ2v) is 5.38. The number of ether oxygens (including phenoxy) is 1. The van der Waals surface area contributed by atoms with E-state index in [2.05, 4.69) is 15.3 Å². The molecule has 1 N–H and O–H groups in total. The predicted octanol–water partition coefficient (Wildman–Crippen LogP) is 3.76. The number of para-hydroxylation sites is 1. The van der Waals surface area contributed by atoms with Gasteiger partial charge < -0.3 is 10.1 Å². The molecule has 0 bridgehead atoms. The summed E-state index contributed by atoms with van der Waals surface area (Å²) in [5.74, 6) is 0.551. The van der Waals surface area contributed by atoms with Gasteiger partial charge in [-0.15, -0.1) is 0 Å². The molecule has 0 fully saturated rings. The second kappa shape index (κ2) is 7.37. The Morgan fingerprint density at radius 3 is 2.50 bits per heavy atom. The Morgan fingerprint density at radius 2 is 1.79 bits per heavy atom. The van der Waals surface area contributed by atoms with Gasteiger partial charge in [0.05, 0.1) is 24.5 Å². The molecule has 0 unspecified atom stereocenters. The number of nitrogens with zero attached hydrogens (tertiary/aromatic N) is 2. The molecule has 1 heterocycles. The number of amides is 1. The van der Waals surface area contributed by atoms with Gasteiger partial charge in [0.15, 0.2) is 0 Å². The maximum Gasteiger partial charge on any atom is 0.322 e. The van der Waals surface area contributed by atoms with Gasteiger partial charge in [-0.25, -0.2) is 9.97 Å². The Labute approximate surface area is 140 Å². The smallest absolute Gasteiger partial charge is 0.322 e. The molecule has 1 aromatic heterocycles. The molecule has 120 valence electrons. The first kappa shape index (κ1) is 15.7. The number of anilines is 1. The van der Waals surface area contributed by atoms with Gasteiger partial charge in [-0.1, -0.05) is 48.0 Å². The van der Waals surface area contributed by atoms with Crippen LogP contribution in [0.1, 0.15) is 11.1 Å². The number of carbonyl (C=O) groups excluding carboxylic acids is 1. The molecule has 3 rings (SSSR count). The van der Waals surface area contributed by atoms with Crippen LogP contribution in [0.3, 0.4) is 0 Å².